The second-order valence-corrected chi connectivity index (χ2v) is 21.4. The molecular formula is C63H72N20O5. The maximum Gasteiger partial charge on any atom is 0.410 e. The lowest BCUT2D eigenvalue weighted by Gasteiger charge is -2.32. The van der Waals surface area contributed by atoms with Crippen LogP contribution in [-0.4, -0.2) is 110 Å². The van der Waals surface area contributed by atoms with Gasteiger partial charge in [-0.15, -0.1) is 0 Å². The zero-order valence-electron chi connectivity index (χ0n) is 49.6. The Morgan fingerprint density at radius 3 is 1.52 bits per heavy atom. The number of aryl methyl sites for hydroxylation is 2. The molecule has 2 fully saturated rings. The molecule has 25 heteroatoms. The SMILES string of the molecule is CC(C)(C)OC(=O)N1CCCC(C(=O)O)C1.Cc1cccc(-c2nccc(Nc3ccnc(Nc4cccc(N)c4)n3)n2)n1.Cc1cccc(-c2nccc(Nc3ccnc(Nc4cccc(NC(=O)C5CCCNC5)c4)n3)n2)n1.Nc1cccc(N)c1. The number of pyridine rings is 2. The molecule has 88 heavy (non-hydrogen) atoms. The van der Waals surface area contributed by atoms with Gasteiger partial charge in [0, 0.05) is 89.9 Å². The number of likely N-dealkylation sites (tertiary alicyclic amines) is 1. The standard InChI is InChI=1S/C26H27N9O.C20H18N8.C11H19NO4.C6H8N2/c1-17-5-2-9-21(30-17)24-28-13-10-22(34-24)33-23-11-14-29-26(35-23)32-20-8-3-7-19(15-20)31-25(36)18-6-4-12-27-16-18;1-13-4-2-7-16(24-13)19-22-10-8-17(27-19)26-18-9-11-23-20(28-18)25-15-6-3-5-14(21)12-15;1-11(2,3)16-10(15)12-6-4-5-8(7-12)9(13)14;7-5-2-1-3-6(8)4-5/h2-3,5,7-11,13-15,18,27H,4,6,12,16H2,1H3,(H,31,36)(H2,28,29,32,33,34,35);2-12H,21H2,1H3,(H2,22,23,25,26,27,28);8H,4-7H2,1-3H3,(H,13,14);1-4H,7-8H2. The molecule has 0 spiro atoms. The summed E-state index contributed by atoms with van der Waals surface area (Å²) in [5.41, 5.74) is 23.6. The van der Waals surface area contributed by atoms with Gasteiger partial charge in [0.1, 0.15) is 40.3 Å². The number of rotatable bonds is 13. The fourth-order valence-electron chi connectivity index (χ4n) is 8.78. The quantitative estimate of drug-likeness (QED) is 0.0480. The number of benzene rings is 3. The summed E-state index contributed by atoms with van der Waals surface area (Å²) in [7, 11) is 0. The van der Waals surface area contributed by atoms with E-state index in [-0.39, 0.29) is 18.4 Å². The average Bonchev–Trinajstić information content (AvgIpc) is 3.57. The molecule has 25 nitrogen and oxygen atoms in total. The average molecular weight is 1190 g/mol. The molecule has 0 aliphatic carbocycles. The zero-order chi connectivity index (χ0) is 62.4. The Kier molecular flexibility index (Phi) is 22.0. The number of aliphatic carboxylic acids is 1. The molecule has 6 aromatic heterocycles. The van der Waals surface area contributed by atoms with Crippen LogP contribution in [0.15, 0.2) is 158 Å². The van der Waals surface area contributed by atoms with Crippen LogP contribution in [0.2, 0.25) is 0 Å². The molecule has 0 radical (unpaired) electrons. The van der Waals surface area contributed by atoms with Crippen LogP contribution in [0, 0.1) is 25.7 Å². The smallest absolute Gasteiger partial charge is 0.410 e. The Labute approximate surface area is 509 Å². The molecule has 2 unspecified atom stereocenters. The van der Waals surface area contributed by atoms with E-state index in [0.29, 0.717) is 89.1 Å². The molecule has 11 rings (SSSR count). The van der Waals surface area contributed by atoms with Gasteiger partial charge in [0.05, 0.1) is 11.8 Å². The highest BCUT2D eigenvalue weighted by Gasteiger charge is 2.31. The molecule has 13 N–H and O–H groups in total. The summed E-state index contributed by atoms with van der Waals surface area (Å²) >= 11 is 0. The highest BCUT2D eigenvalue weighted by atomic mass is 16.6. The van der Waals surface area contributed by atoms with Crippen molar-refractivity contribution in [2.24, 2.45) is 11.8 Å². The van der Waals surface area contributed by atoms with Crippen molar-refractivity contribution in [3.05, 3.63) is 170 Å². The summed E-state index contributed by atoms with van der Waals surface area (Å²) in [4.78, 5) is 80.8. The van der Waals surface area contributed by atoms with Gasteiger partial charge in [-0.05, 0) is 170 Å². The lowest BCUT2D eigenvalue weighted by atomic mass is 9.99. The van der Waals surface area contributed by atoms with Crippen molar-refractivity contribution in [1.82, 2.24) is 60.1 Å². The van der Waals surface area contributed by atoms with E-state index in [4.69, 9.17) is 27.0 Å². The number of amides is 2. The van der Waals surface area contributed by atoms with Gasteiger partial charge in [0.25, 0.3) is 0 Å². The lowest BCUT2D eigenvalue weighted by molar-refractivity contribution is -0.143. The van der Waals surface area contributed by atoms with Crippen molar-refractivity contribution in [2.45, 2.75) is 65.9 Å². The van der Waals surface area contributed by atoms with Gasteiger partial charge in [0.15, 0.2) is 11.6 Å². The maximum absolute atomic E-state index is 12.6. The lowest BCUT2D eigenvalue weighted by Crippen LogP contribution is -2.44. The van der Waals surface area contributed by atoms with Gasteiger partial charge in [-0.1, -0.05) is 30.3 Å². The molecule has 0 saturated carbocycles. The number of carbonyl (C=O) groups excluding carboxylic acids is 2. The molecule has 2 aliphatic heterocycles. The second kappa shape index (κ2) is 30.7. The molecule has 0 bridgehead atoms. The van der Waals surface area contributed by atoms with E-state index in [0.717, 1.165) is 60.0 Å². The third-order valence-electron chi connectivity index (χ3n) is 12.9. The van der Waals surface area contributed by atoms with E-state index < -0.39 is 23.6 Å². The van der Waals surface area contributed by atoms with Gasteiger partial charge in [-0.2, -0.15) is 9.97 Å². The first-order valence-corrected chi connectivity index (χ1v) is 28.4. The third-order valence-corrected chi connectivity index (χ3v) is 12.9. The minimum absolute atomic E-state index is 0.00883. The number of carboxylic acid groups (broad SMARTS) is 1. The van der Waals surface area contributed by atoms with Crippen LogP contribution in [0.1, 0.15) is 57.8 Å². The summed E-state index contributed by atoms with van der Waals surface area (Å²) < 4.78 is 5.20. The number of anilines is 12. The number of carboxylic acids is 1. The third kappa shape index (κ3) is 20.4. The molecule has 2 aliphatic rings. The number of piperidine rings is 2. The Bertz CT molecular complexity index is 3770. The minimum Gasteiger partial charge on any atom is -0.481 e. The summed E-state index contributed by atoms with van der Waals surface area (Å²) in [6.45, 7) is 11.8. The van der Waals surface area contributed by atoms with Crippen LogP contribution in [0.4, 0.5) is 74.1 Å². The predicted octanol–water partition coefficient (Wildman–Crippen LogP) is 10.3. The van der Waals surface area contributed by atoms with Crippen LogP contribution >= 0.6 is 0 Å². The molecule has 8 heterocycles. The monoisotopic (exact) mass is 1190 g/mol. The Morgan fingerprint density at radius 1 is 0.557 bits per heavy atom. The van der Waals surface area contributed by atoms with Gasteiger partial charge < -0.3 is 63.8 Å². The van der Waals surface area contributed by atoms with E-state index >= 15 is 0 Å². The number of nitrogens with zero attached hydrogens (tertiary/aromatic N) is 11. The van der Waals surface area contributed by atoms with Crippen LogP contribution < -0.4 is 49.1 Å². The van der Waals surface area contributed by atoms with E-state index in [9.17, 15) is 14.4 Å². The summed E-state index contributed by atoms with van der Waals surface area (Å²) in [6.07, 6.45) is 9.53. The van der Waals surface area contributed by atoms with E-state index in [2.05, 4.69) is 81.7 Å². The van der Waals surface area contributed by atoms with Crippen molar-refractivity contribution < 1.29 is 24.2 Å². The number of nitrogen functional groups attached to an aromatic ring is 3. The first-order valence-electron chi connectivity index (χ1n) is 28.4. The van der Waals surface area contributed by atoms with Crippen LogP contribution in [0.25, 0.3) is 23.0 Å². The Morgan fingerprint density at radius 2 is 1.03 bits per heavy atom. The van der Waals surface area contributed by atoms with Gasteiger partial charge >= 0.3 is 12.1 Å². The van der Waals surface area contributed by atoms with E-state index in [1.807, 2.05) is 105 Å². The second-order valence-electron chi connectivity index (χ2n) is 21.4. The van der Waals surface area contributed by atoms with Gasteiger partial charge in [0.2, 0.25) is 17.8 Å². The molecule has 2 saturated heterocycles. The zero-order valence-corrected chi connectivity index (χ0v) is 49.6. The van der Waals surface area contributed by atoms with E-state index in [1.54, 1.807) is 88.0 Å². The summed E-state index contributed by atoms with van der Waals surface area (Å²) in [6, 6.07) is 40.6. The first kappa shape index (κ1) is 63.1. The largest absolute Gasteiger partial charge is 0.481 e. The Hall–Kier alpha value is -11.0. The van der Waals surface area contributed by atoms with Gasteiger partial charge in [-0.3, -0.25) is 9.59 Å². The molecule has 454 valence electrons. The number of nitrogens with one attached hydrogen (secondary N) is 6. The fraction of sp³-hybridized carbons (Fsp3) is 0.254. The normalized spacial score (nSPS) is 14.3. The topological polar surface area (TPSA) is 363 Å². The Balaban J connectivity index is 0.000000170. The molecule has 9 aromatic rings. The first-order chi connectivity index (χ1) is 42.4. The van der Waals surface area contributed by atoms with Crippen LogP contribution in [-0.2, 0) is 14.3 Å². The fourth-order valence-corrected chi connectivity index (χ4v) is 8.78. The van der Waals surface area contributed by atoms with Crippen molar-refractivity contribution in [3.63, 3.8) is 0 Å². The number of hydrogen-bond donors (Lipinski definition) is 10. The predicted molar refractivity (Wildman–Crippen MR) is 342 cm³/mol. The summed E-state index contributed by atoms with van der Waals surface area (Å²) in [5, 5.41) is 27.9. The molecule has 2 atom stereocenters. The van der Waals surface area contributed by atoms with Crippen LogP contribution in [0.3, 0.4) is 0 Å². The number of nitrogens with two attached hydrogens (primary N) is 3. The van der Waals surface area contributed by atoms with Crippen molar-refractivity contribution in [2.75, 3.05) is 70.0 Å². The highest BCUT2D eigenvalue weighted by molar-refractivity contribution is 5.93. The van der Waals surface area contributed by atoms with Crippen molar-refractivity contribution in [1.29, 1.82) is 0 Å². The maximum atomic E-state index is 12.6. The van der Waals surface area contributed by atoms with Crippen LogP contribution in [0.5, 0.6) is 0 Å². The molecular weight excluding hydrogens is 1120 g/mol. The summed E-state index contributed by atoms with van der Waals surface area (Å²) in [5.74, 6) is 3.04. The van der Waals surface area contributed by atoms with Crippen molar-refractivity contribution in [3.8, 4) is 23.0 Å². The molecule has 2 amide bonds. The number of hydrogen-bond acceptors (Lipinski definition) is 22. The van der Waals surface area contributed by atoms with E-state index in [1.165, 1.54) is 4.90 Å². The number of aromatic nitrogens is 10. The molecule has 3 aromatic carbocycles. The minimum atomic E-state index is -0.840. The number of ether oxygens (including phenoxy) is 1. The number of carbonyl (C=O) groups is 3. The highest BCUT2D eigenvalue weighted by Crippen LogP contribution is 2.25. The van der Waals surface area contributed by atoms with Gasteiger partial charge in [-0.25, -0.2) is 44.7 Å². The van der Waals surface area contributed by atoms with Crippen molar-refractivity contribution >= 4 is 87.3 Å².